The van der Waals surface area contributed by atoms with Crippen molar-refractivity contribution in [2.24, 2.45) is 5.92 Å². The van der Waals surface area contributed by atoms with Crippen molar-refractivity contribution in [2.75, 3.05) is 38.3 Å². The van der Waals surface area contributed by atoms with Gasteiger partial charge in [0, 0.05) is 49.4 Å². The highest BCUT2D eigenvalue weighted by molar-refractivity contribution is 6.07. The third kappa shape index (κ3) is 5.56. The number of hydrogen-bond acceptors (Lipinski definition) is 7. The smallest absolute Gasteiger partial charge is 0.381 e. The monoisotopic (exact) mass is 627 g/mol. The second kappa shape index (κ2) is 12.1. The molecule has 1 aliphatic carbocycles. The van der Waals surface area contributed by atoms with Crippen molar-refractivity contribution in [3.8, 4) is 6.07 Å². The molecule has 0 radical (unpaired) electrons. The van der Waals surface area contributed by atoms with Crippen molar-refractivity contribution >= 4 is 23.5 Å². The van der Waals surface area contributed by atoms with Gasteiger partial charge in [0.25, 0.3) is 17.7 Å². The van der Waals surface area contributed by atoms with Gasteiger partial charge in [-0.2, -0.15) is 23.5 Å². The Labute approximate surface area is 258 Å². The lowest BCUT2D eigenvalue weighted by Gasteiger charge is -2.39. The molecule has 2 saturated heterocycles. The number of halogens is 3. The maximum Gasteiger partial charge on any atom is 0.416 e. The molecule has 0 unspecified atom stereocenters. The number of nitriles is 1. The zero-order valence-corrected chi connectivity index (χ0v) is 25.1. The summed E-state index contributed by atoms with van der Waals surface area (Å²) in [6.07, 6.45) is -1.29. The number of alkyl halides is 3. The van der Waals surface area contributed by atoms with Crippen molar-refractivity contribution in [1.82, 2.24) is 25.3 Å². The minimum atomic E-state index is -4.64. The molecule has 3 amide bonds. The van der Waals surface area contributed by atoms with Crippen LogP contribution >= 0.6 is 0 Å². The fourth-order valence-electron chi connectivity index (χ4n) is 7.05. The van der Waals surface area contributed by atoms with E-state index in [0.29, 0.717) is 50.4 Å². The highest BCUT2D eigenvalue weighted by Crippen LogP contribution is 2.52. The fourth-order valence-corrected chi connectivity index (χ4v) is 7.05. The van der Waals surface area contributed by atoms with Crippen LogP contribution in [0.4, 0.5) is 19.0 Å². The second-order valence-electron chi connectivity index (χ2n) is 12.1. The number of nitrogens with one attached hydrogen (secondary N) is 2. The molecule has 4 atom stereocenters. The molecule has 1 saturated carbocycles. The van der Waals surface area contributed by atoms with E-state index in [4.69, 9.17) is 9.84 Å². The van der Waals surface area contributed by atoms with Gasteiger partial charge in [0.2, 0.25) is 0 Å². The van der Waals surface area contributed by atoms with Crippen LogP contribution in [-0.4, -0.2) is 83.9 Å². The summed E-state index contributed by atoms with van der Waals surface area (Å²) in [5.74, 6) is -1.79. The molecule has 6 rings (SSSR count). The number of likely N-dealkylation sites (tertiary alicyclic amines) is 1. The van der Waals surface area contributed by atoms with Gasteiger partial charge in [-0.15, -0.1) is 0 Å². The number of ether oxygens (including phenoxy) is 1. The summed E-state index contributed by atoms with van der Waals surface area (Å²) in [5, 5.41) is 20.7. The molecule has 1 aromatic heterocycles. The van der Waals surface area contributed by atoms with E-state index in [1.807, 2.05) is 0 Å². The van der Waals surface area contributed by atoms with Crippen LogP contribution in [0.5, 0.6) is 0 Å². The van der Waals surface area contributed by atoms with Crippen LogP contribution in [-0.2, 0) is 15.7 Å². The molecule has 0 bridgehead atoms. The number of rotatable bonds is 7. The van der Waals surface area contributed by atoms with E-state index in [1.165, 1.54) is 15.9 Å². The average Bonchev–Trinajstić information content (AvgIpc) is 3.67. The van der Waals surface area contributed by atoms with Crippen LogP contribution in [0.25, 0.3) is 0 Å². The lowest BCUT2D eigenvalue weighted by atomic mass is 9.82. The van der Waals surface area contributed by atoms with Crippen LogP contribution in [0.3, 0.4) is 0 Å². The minimum Gasteiger partial charge on any atom is -0.381 e. The van der Waals surface area contributed by atoms with E-state index < -0.39 is 47.5 Å². The van der Waals surface area contributed by atoms with Gasteiger partial charge in [0.1, 0.15) is 17.9 Å². The van der Waals surface area contributed by atoms with E-state index in [-0.39, 0.29) is 35.8 Å². The SMILES string of the molecule is CCN1C(=O)[C@@H](NC(=O)c2cccc(C(F)(F)F)c2)[C@@H](C2CC2)c2c(C(=O)N3CC[C@H](NC)[C@H]3C#N)nn(C3CCOCC3)c21. The van der Waals surface area contributed by atoms with Gasteiger partial charge in [-0.25, -0.2) is 4.68 Å². The Bertz CT molecular complexity index is 1530. The number of anilines is 1. The van der Waals surface area contributed by atoms with Crippen molar-refractivity contribution in [2.45, 2.75) is 75.3 Å². The number of aromatic nitrogens is 2. The largest absolute Gasteiger partial charge is 0.416 e. The Morgan fingerprint density at radius 3 is 2.51 bits per heavy atom. The molecule has 1 aromatic carbocycles. The predicted molar refractivity (Wildman–Crippen MR) is 155 cm³/mol. The van der Waals surface area contributed by atoms with Crippen molar-refractivity contribution < 1.29 is 32.3 Å². The maximum absolute atomic E-state index is 14.3. The molecule has 45 heavy (non-hydrogen) atoms. The quantitative estimate of drug-likeness (QED) is 0.482. The topological polar surface area (TPSA) is 133 Å². The maximum atomic E-state index is 14.3. The molecule has 2 N–H and O–H groups in total. The summed E-state index contributed by atoms with van der Waals surface area (Å²) in [7, 11) is 1.75. The number of amides is 3. The lowest BCUT2D eigenvalue weighted by Crippen LogP contribution is -2.56. The molecule has 4 heterocycles. The van der Waals surface area contributed by atoms with Gasteiger partial charge in [-0.3, -0.25) is 19.3 Å². The summed E-state index contributed by atoms with van der Waals surface area (Å²) in [4.78, 5) is 45.1. The normalized spacial score (nSPS) is 25.6. The molecular weight excluding hydrogens is 591 g/mol. The van der Waals surface area contributed by atoms with Gasteiger partial charge >= 0.3 is 6.18 Å². The van der Waals surface area contributed by atoms with Crippen molar-refractivity contribution in [3.63, 3.8) is 0 Å². The Balaban J connectivity index is 1.45. The third-order valence-electron chi connectivity index (χ3n) is 9.49. The Kier molecular flexibility index (Phi) is 8.34. The number of likely N-dealkylation sites (N-methyl/N-ethyl adjacent to an activating group) is 2. The van der Waals surface area contributed by atoms with Gasteiger partial charge < -0.3 is 20.3 Å². The van der Waals surface area contributed by atoms with E-state index in [1.54, 1.807) is 18.7 Å². The van der Waals surface area contributed by atoms with Crippen LogP contribution in [0, 0.1) is 17.2 Å². The first-order chi connectivity index (χ1) is 21.6. The summed E-state index contributed by atoms with van der Waals surface area (Å²) in [6.45, 7) is 3.35. The first-order valence-electron chi connectivity index (χ1n) is 15.5. The lowest BCUT2D eigenvalue weighted by molar-refractivity contribution is -0.137. The Morgan fingerprint density at radius 1 is 1.16 bits per heavy atom. The molecular formula is C31H36F3N7O4. The summed E-state index contributed by atoms with van der Waals surface area (Å²) in [6, 6.07) is 4.15. The zero-order valence-electron chi connectivity index (χ0n) is 25.1. The summed E-state index contributed by atoms with van der Waals surface area (Å²) in [5.41, 5.74) is -0.490. The van der Waals surface area contributed by atoms with Crippen LogP contribution < -0.4 is 15.5 Å². The van der Waals surface area contributed by atoms with Gasteiger partial charge in [0.05, 0.1) is 17.7 Å². The number of carbonyl (C=O) groups is 3. The Morgan fingerprint density at radius 2 is 1.89 bits per heavy atom. The standard InChI is InChI=1S/C31H36F3N7O4/c1-3-39-28-24(23(17-7-8-17)25(29(39)43)37-27(42)18-5-4-6-19(15-18)31(32,33)34)26(38-41(28)20-10-13-45-14-11-20)30(44)40-12-9-21(36-2)22(40)16-35/h4-6,15,17,20-23,25,36H,3,7-14H2,1-2H3,(H,37,42)/t21-,22+,23-,25-/m0/s1. The highest BCUT2D eigenvalue weighted by Gasteiger charge is 2.53. The zero-order chi connectivity index (χ0) is 32.0. The average molecular weight is 628 g/mol. The van der Waals surface area contributed by atoms with Crippen LogP contribution in [0.2, 0.25) is 0 Å². The van der Waals surface area contributed by atoms with Crippen LogP contribution in [0.15, 0.2) is 24.3 Å². The second-order valence-corrected chi connectivity index (χ2v) is 12.1. The highest BCUT2D eigenvalue weighted by atomic mass is 19.4. The molecule has 14 heteroatoms. The number of fused-ring (bicyclic) bond motifs is 1. The predicted octanol–water partition coefficient (Wildman–Crippen LogP) is 3.24. The first kappa shape index (κ1) is 31.0. The molecule has 0 spiro atoms. The van der Waals surface area contributed by atoms with Crippen molar-refractivity contribution in [1.29, 1.82) is 5.26 Å². The number of nitrogens with zero attached hydrogens (tertiary/aromatic N) is 5. The van der Waals surface area contributed by atoms with E-state index in [9.17, 15) is 32.8 Å². The molecule has 11 nitrogen and oxygen atoms in total. The van der Waals surface area contributed by atoms with Gasteiger partial charge in [-0.05, 0) is 70.2 Å². The fraction of sp³-hybridized carbons (Fsp3) is 0.581. The first-order valence-corrected chi connectivity index (χ1v) is 15.5. The molecule has 240 valence electrons. The van der Waals surface area contributed by atoms with E-state index in [0.717, 1.165) is 31.0 Å². The van der Waals surface area contributed by atoms with E-state index >= 15 is 0 Å². The third-order valence-corrected chi connectivity index (χ3v) is 9.49. The number of carbonyl (C=O) groups excluding carboxylic acids is 3. The molecule has 2 aromatic rings. The van der Waals surface area contributed by atoms with Crippen molar-refractivity contribution in [3.05, 3.63) is 46.6 Å². The van der Waals surface area contributed by atoms with Crippen LogP contribution in [0.1, 0.15) is 83.0 Å². The molecule has 3 fully saturated rings. The molecule has 3 aliphatic heterocycles. The van der Waals surface area contributed by atoms with E-state index in [2.05, 4.69) is 16.7 Å². The Hall–Kier alpha value is -3.96. The molecule has 4 aliphatic rings. The summed E-state index contributed by atoms with van der Waals surface area (Å²) < 4.78 is 47.6. The number of benzene rings is 1. The summed E-state index contributed by atoms with van der Waals surface area (Å²) >= 11 is 0. The van der Waals surface area contributed by atoms with Gasteiger partial charge in [0.15, 0.2) is 5.69 Å². The van der Waals surface area contributed by atoms with Gasteiger partial charge in [-0.1, -0.05) is 6.07 Å². The minimum absolute atomic E-state index is 0.0483. The number of hydrogen-bond donors (Lipinski definition) is 2.